The summed E-state index contributed by atoms with van der Waals surface area (Å²) in [5.74, 6) is -0.830. The van der Waals surface area contributed by atoms with Crippen LogP contribution in [0.3, 0.4) is 0 Å². The van der Waals surface area contributed by atoms with Crippen molar-refractivity contribution >= 4 is 28.8 Å². The van der Waals surface area contributed by atoms with Gasteiger partial charge < -0.3 is 4.74 Å². The molecule has 0 bridgehead atoms. The average Bonchev–Trinajstić information content (AvgIpc) is 3.14. The van der Waals surface area contributed by atoms with Crippen LogP contribution in [0.25, 0.3) is 0 Å². The van der Waals surface area contributed by atoms with Gasteiger partial charge in [-0.3, -0.25) is 14.6 Å². The lowest BCUT2D eigenvalue weighted by Crippen LogP contribution is -2.40. The van der Waals surface area contributed by atoms with Crippen LogP contribution in [-0.2, 0) is 14.3 Å². The zero-order chi connectivity index (χ0) is 19.9. The van der Waals surface area contributed by atoms with Crippen molar-refractivity contribution in [3.63, 3.8) is 0 Å². The van der Waals surface area contributed by atoms with Gasteiger partial charge in [-0.15, -0.1) is 11.3 Å². The quantitative estimate of drug-likeness (QED) is 0.636. The van der Waals surface area contributed by atoms with E-state index in [-0.39, 0.29) is 29.2 Å². The van der Waals surface area contributed by atoms with E-state index in [1.807, 2.05) is 24.4 Å². The van der Waals surface area contributed by atoms with E-state index in [2.05, 4.69) is 13.8 Å². The Morgan fingerprint density at radius 2 is 1.96 bits per heavy atom. The Kier molecular flexibility index (Phi) is 5.30. The Balaban J connectivity index is 1.70. The number of ether oxygens (including phenoxy) is 1. The summed E-state index contributed by atoms with van der Waals surface area (Å²) in [7, 11) is 0. The van der Waals surface area contributed by atoms with E-state index in [0.29, 0.717) is 6.42 Å². The van der Waals surface area contributed by atoms with E-state index in [1.165, 1.54) is 6.42 Å². The number of allylic oxidation sites excluding steroid dienone is 2. The maximum absolute atomic E-state index is 13.3. The first-order chi connectivity index (χ1) is 13.4. The molecular weight excluding hydrogens is 370 g/mol. The highest BCUT2D eigenvalue weighted by Crippen LogP contribution is 2.48. The van der Waals surface area contributed by atoms with Crippen LogP contribution >= 0.6 is 11.3 Å². The van der Waals surface area contributed by atoms with Gasteiger partial charge in [0.25, 0.3) is 0 Å². The van der Waals surface area contributed by atoms with E-state index in [0.717, 1.165) is 54.0 Å². The Labute approximate surface area is 171 Å². The lowest BCUT2D eigenvalue weighted by atomic mass is 9.68. The normalized spacial score (nSPS) is 28.0. The zero-order valence-corrected chi connectivity index (χ0v) is 17.8. The Morgan fingerprint density at radius 3 is 2.64 bits per heavy atom. The molecule has 1 saturated carbocycles. The average molecular weight is 400 g/mol. The number of rotatable bonds is 3. The first-order valence-corrected chi connectivity index (χ1v) is 11.3. The van der Waals surface area contributed by atoms with Crippen LogP contribution in [-0.4, -0.2) is 23.6 Å². The standard InChI is InChI=1S/C23H29NO3S/c1-14-19(22(26)27-15-8-5-4-6-9-15)21(18-10-7-11-28-18)20-16(24-14)12-23(2,3)13-17(20)25/h7,10-11,15,19,21H,4-6,8-9,12-13H2,1-3H3. The Morgan fingerprint density at radius 1 is 1.21 bits per heavy atom. The van der Waals surface area contributed by atoms with Crippen LogP contribution in [0, 0.1) is 11.3 Å². The molecule has 1 aromatic heterocycles. The van der Waals surface area contributed by atoms with Crippen molar-refractivity contribution in [3.8, 4) is 0 Å². The van der Waals surface area contributed by atoms with Crippen molar-refractivity contribution in [2.45, 2.75) is 77.7 Å². The number of carbonyl (C=O) groups excluding carboxylic acids is 2. The number of aliphatic imine (C=N–C) groups is 1. The Hall–Kier alpha value is -1.75. The summed E-state index contributed by atoms with van der Waals surface area (Å²) in [6.45, 7) is 6.15. The third-order valence-corrected chi connectivity index (χ3v) is 7.20. The van der Waals surface area contributed by atoms with Crippen molar-refractivity contribution in [1.29, 1.82) is 0 Å². The highest BCUT2D eigenvalue weighted by molar-refractivity contribution is 7.10. The second-order valence-corrected chi connectivity index (χ2v) is 10.2. The molecule has 0 N–H and O–H groups in total. The lowest BCUT2D eigenvalue weighted by molar-refractivity contribution is -0.153. The molecule has 0 radical (unpaired) electrons. The number of carbonyl (C=O) groups is 2. The van der Waals surface area contributed by atoms with E-state index in [4.69, 9.17) is 9.73 Å². The molecule has 4 rings (SSSR count). The molecule has 2 aliphatic carbocycles. The smallest absolute Gasteiger partial charge is 0.315 e. The van der Waals surface area contributed by atoms with Gasteiger partial charge in [-0.05, 0) is 55.9 Å². The monoisotopic (exact) mass is 399 g/mol. The Bertz CT molecular complexity index is 828. The molecule has 28 heavy (non-hydrogen) atoms. The van der Waals surface area contributed by atoms with Gasteiger partial charge in [0.1, 0.15) is 12.0 Å². The topological polar surface area (TPSA) is 55.7 Å². The summed E-state index contributed by atoms with van der Waals surface area (Å²) >= 11 is 1.61. The second kappa shape index (κ2) is 7.58. The first-order valence-electron chi connectivity index (χ1n) is 10.4. The summed E-state index contributed by atoms with van der Waals surface area (Å²) in [5, 5.41) is 2.01. The van der Waals surface area contributed by atoms with Gasteiger partial charge in [0, 0.05) is 34.2 Å². The van der Waals surface area contributed by atoms with Crippen LogP contribution in [0.2, 0.25) is 0 Å². The van der Waals surface area contributed by atoms with Gasteiger partial charge in [0.15, 0.2) is 5.78 Å². The molecule has 2 heterocycles. The molecule has 0 spiro atoms. The van der Waals surface area contributed by atoms with Crippen molar-refractivity contribution < 1.29 is 14.3 Å². The van der Waals surface area contributed by atoms with E-state index in [9.17, 15) is 9.59 Å². The number of hydrogen-bond acceptors (Lipinski definition) is 5. The molecule has 2 unspecified atom stereocenters. The molecule has 5 heteroatoms. The fourth-order valence-electron chi connectivity index (χ4n) is 4.95. The van der Waals surface area contributed by atoms with Gasteiger partial charge in [0.2, 0.25) is 0 Å². The number of Topliss-reactive ketones (excluding diaryl/α,β-unsaturated/α-hetero) is 1. The fraction of sp³-hybridized carbons (Fsp3) is 0.609. The van der Waals surface area contributed by atoms with Gasteiger partial charge in [-0.2, -0.15) is 0 Å². The first kappa shape index (κ1) is 19.6. The van der Waals surface area contributed by atoms with Crippen LogP contribution in [0.15, 0.2) is 33.8 Å². The summed E-state index contributed by atoms with van der Waals surface area (Å²) < 4.78 is 5.94. The number of hydrogen-bond donors (Lipinski definition) is 0. The maximum Gasteiger partial charge on any atom is 0.315 e. The molecule has 0 saturated heterocycles. The van der Waals surface area contributed by atoms with Gasteiger partial charge >= 0.3 is 5.97 Å². The van der Waals surface area contributed by atoms with Crippen LogP contribution < -0.4 is 0 Å². The molecular formula is C23H29NO3S. The number of ketones is 1. The van der Waals surface area contributed by atoms with Gasteiger partial charge in [-0.1, -0.05) is 26.3 Å². The van der Waals surface area contributed by atoms with Crippen LogP contribution in [0.1, 0.15) is 76.5 Å². The van der Waals surface area contributed by atoms with E-state index >= 15 is 0 Å². The van der Waals surface area contributed by atoms with Crippen molar-refractivity contribution in [2.24, 2.45) is 16.3 Å². The second-order valence-electron chi connectivity index (χ2n) is 9.22. The molecule has 0 aromatic carbocycles. The van der Waals surface area contributed by atoms with Gasteiger partial charge in [0.05, 0.1) is 0 Å². The molecule has 4 nitrogen and oxygen atoms in total. The number of nitrogens with zero attached hydrogens (tertiary/aromatic N) is 1. The molecule has 1 fully saturated rings. The number of esters is 1. The lowest BCUT2D eigenvalue weighted by Gasteiger charge is -2.38. The third-order valence-electron chi connectivity index (χ3n) is 6.24. The molecule has 0 amide bonds. The highest BCUT2D eigenvalue weighted by Gasteiger charge is 2.46. The highest BCUT2D eigenvalue weighted by atomic mass is 32.1. The van der Waals surface area contributed by atoms with Gasteiger partial charge in [-0.25, -0.2) is 0 Å². The minimum atomic E-state index is -0.496. The summed E-state index contributed by atoms with van der Waals surface area (Å²) in [6, 6.07) is 4.02. The molecule has 3 aliphatic rings. The predicted molar refractivity (Wildman–Crippen MR) is 112 cm³/mol. The minimum Gasteiger partial charge on any atom is -0.462 e. The molecule has 1 aliphatic heterocycles. The maximum atomic E-state index is 13.3. The zero-order valence-electron chi connectivity index (χ0n) is 17.0. The summed E-state index contributed by atoms with van der Waals surface area (Å²) in [6.07, 6.45) is 6.63. The molecule has 2 atom stereocenters. The van der Waals surface area contributed by atoms with Crippen molar-refractivity contribution in [2.75, 3.05) is 0 Å². The minimum absolute atomic E-state index is 0.00871. The SMILES string of the molecule is CC1=NC2=C(C(=O)CC(C)(C)C2)C(c2cccs2)C1C(=O)OC1CCCCC1. The summed E-state index contributed by atoms with van der Waals surface area (Å²) in [4.78, 5) is 32.2. The van der Waals surface area contributed by atoms with Crippen LogP contribution in [0.4, 0.5) is 0 Å². The molecule has 1 aromatic rings. The van der Waals surface area contributed by atoms with E-state index < -0.39 is 5.92 Å². The number of thiophene rings is 1. The predicted octanol–water partition coefficient (Wildman–Crippen LogP) is 5.44. The largest absolute Gasteiger partial charge is 0.462 e. The molecule has 150 valence electrons. The van der Waals surface area contributed by atoms with Crippen LogP contribution in [0.5, 0.6) is 0 Å². The van der Waals surface area contributed by atoms with Crippen molar-refractivity contribution in [3.05, 3.63) is 33.7 Å². The van der Waals surface area contributed by atoms with E-state index in [1.54, 1.807) is 11.3 Å². The third kappa shape index (κ3) is 3.73. The summed E-state index contributed by atoms with van der Waals surface area (Å²) in [5.41, 5.74) is 2.31. The van der Waals surface area contributed by atoms with Crippen molar-refractivity contribution in [1.82, 2.24) is 0 Å². The fourth-order valence-corrected chi connectivity index (χ4v) is 5.82.